The molecule has 0 saturated carbocycles. The summed E-state index contributed by atoms with van der Waals surface area (Å²) in [6, 6.07) is 19.7. The summed E-state index contributed by atoms with van der Waals surface area (Å²) < 4.78 is 41.2. The first kappa shape index (κ1) is 23.5. The Labute approximate surface area is 197 Å². The second-order valence-electron chi connectivity index (χ2n) is 8.10. The molecule has 0 spiro atoms. The Bertz CT molecular complexity index is 1490. The first-order valence-electron chi connectivity index (χ1n) is 10.7. The van der Waals surface area contributed by atoms with Crippen molar-refractivity contribution in [1.82, 2.24) is 15.0 Å². The predicted molar refractivity (Wildman–Crippen MR) is 129 cm³/mol. The molecule has 3 aromatic carbocycles. The van der Waals surface area contributed by atoms with E-state index in [1.54, 1.807) is 25.1 Å². The number of nitrogens with zero attached hydrogens (tertiary/aromatic N) is 1. The van der Waals surface area contributed by atoms with Crippen LogP contribution in [0.5, 0.6) is 0 Å². The standard InChI is InChI=1S/C26H24FN3O3S/c1-17-9-10-21-14-24(18(2)30-25(21)11-17)26(31)28-15-20-6-4-8-23(13-20)34(32,33)29-16-19-5-3-7-22(27)12-19/h3-14,29H,15-16H2,1-2H3,(H,28,31). The smallest absolute Gasteiger partial charge is 0.253 e. The largest absolute Gasteiger partial charge is 0.348 e. The van der Waals surface area contributed by atoms with Gasteiger partial charge in [0.25, 0.3) is 5.91 Å². The van der Waals surface area contributed by atoms with Crippen molar-refractivity contribution in [3.05, 3.63) is 107 Å². The maximum absolute atomic E-state index is 13.3. The second kappa shape index (κ2) is 9.70. The van der Waals surface area contributed by atoms with Crippen LogP contribution in [0.1, 0.15) is 32.7 Å². The van der Waals surface area contributed by atoms with Crippen molar-refractivity contribution < 1.29 is 17.6 Å². The van der Waals surface area contributed by atoms with Crippen LogP contribution in [0.15, 0.2) is 77.7 Å². The summed E-state index contributed by atoms with van der Waals surface area (Å²) in [5.41, 5.74) is 4.16. The molecule has 0 aliphatic rings. The van der Waals surface area contributed by atoms with Crippen LogP contribution in [0.4, 0.5) is 4.39 Å². The second-order valence-corrected chi connectivity index (χ2v) is 9.87. The van der Waals surface area contributed by atoms with Crippen LogP contribution in [-0.4, -0.2) is 19.3 Å². The number of amides is 1. The summed E-state index contributed by atoms with van der Waals surface area (Å²) in [7, 11) is -3.81. The molecule has 34 heavy (non-hydrogen) atoms. The Morgan fingerprint density at radius 1 is 0.912 bits per heavy atom. The maximum Gasteiger partial charge on any atom is 0.253 e. The highest BCUT2D eigenvalue weighted by Gasteiger charge is 2.16. The zero-order valence-corrected chi connectivity index (χ0v) is 19.6. The molecule has 0 saturated heterocycles. The van der Waals surface area contributed by atoms with Crippen LogP contribution in [0.25, 0.3) is 10.9 Å². The number of nitrogens with one attached hydrogen (secondary N) is 2. The monoisotopic (exact) mass is 477 g/mol. The molecule has 0 aliphatic heterocycles. The van der Waals surface area contributed by atoms with Gasteiger partial charge in [0.1, 0.15) is 5.82 Å². The molecular weight excluding hydrogens is 453 g/mol. The number of benzene rings is 3. The fraction of sp³-hybridized carbons (Fsp3) is 0.154. The van der Waals surface area contributed by atoms with E-state index in [9.17, 15) is 17.6 Å². The summed E-state index contributed by atoms with van der Waals surface area (Å²) >= 11 is 0. The number of carbonyl (C=O) groups excluding carboxylic acids is 1. The zero-order chi connectivity index (χ0) is 24.3. The van der Waals surface area contributed by atoms with Gasteiger partial charge in [-0.3, -0.25) is 9.78 Å². The van der Waals surface area contributed by atoms with E-state index in [0.29, 0.717) is 22.4 Å². The van der Waals surface area contributed by atoms with Crippen molar-refractivity contribution >= 4 is 26.8 Å². The first-order valence-corrected chi connectivity index (χ1v) is 12.2. The summed E-state index contributed by atoms with van der Waals surface area (Å²) in [5, 5.41) is 3.71. The molecule has 4 rings (SSSR count). The van der Waals surface area contributed by atoms with E-state index in [1.165, 1.54) is 30.3 Å². The van der Waals surface area contributed by atoms with Gasteiger partial charge in [-0.25, -0.2) is 17.5 Å². The topological polar surface area (TPSA) is 88.2 Å². The van der Waals surface area contributed by atoms with Gasteiger partial charge in [-0.2, -0.15) is 0 Å². The van der Waals surface area contributed by atoms with Crippen LogP contribution in [-0.2, 0) is 23.1 Å². The van der Waals surface area contributed by atoms with E-state index in [-0.39, 0.29) is 23.9 Å². The molecular formula is C26H24FN3O3S. The molecule has 1 heterocycles. The van der Waals surface area contributed by atoms with Crippen molar-refractivity contribution in [1.29, 1.82) is 0 Å². The fourth-order valence-electron chi connectivity index (χ4n) is 3.61. The molecule has 1 aromatic heterocycles. The number of pyridine rings is 1. The Balaban J connectivity index is 1.45. The lowest BCUT2D eigenvalue weighted by Gasteiger charge is -2.11. The van der Waals surface area contributed by atoms with Crippen LogP contribution < -0.4 is 10.0 Å². The summed E-state index contributed by atoms with van der Waals surface area (Å²) in [5.74, 6) is -0.716. The Kier molecular flexibility index (Phi) is 6.72. The molecule has 1 amide bonds. The highest BCUT2D eigenvalue weighted by molar-refractivity contribution is 7.89. The van der Waals surface area contributed by atoms with E-state index < -0.39 is 15.8 Å². The molecule has 0 radical (unpaired) electrons. The van der Waals surface area contributed by atoms with Gasteiger partial charge in [-0.05, 0) is 66.9 Å². The van der Waals surface area contributed by atoms with Crippen LogP contribution in [0.3, 0.4) is 0 Å². The first-order chi connectivity index (χ1) is 16.2. The Morgan fingerprint density at radius 3 is 2.41 bits per heavy atom. The minimum atomic E-state index is -3.81. The average molecular weight is 478 g/mol. The molecule has 4 aromatic rings. The molecule has 174 valence electrons. The molecule has 6 nitrogen and oxygen atoms in total. The number of aryl methyl sites for hydroxylation is 2. The lowest BCUT2D eigenvalue weighted by Crippen LogP contribution is -2.25. The lowest BCUT2D eigenvalue weighted by atomic mass is 10.1. The van der Waals surface area contributed by atoms with Crippen molar-refractivity contribution in [3.63, 3.8) is 0 Å². The number of fused-ring (bicyclic) bond motifs is 1. The van der Waals surface area contributed by atoms with Gasteiger partial charge in [0.2, 0.25) is 10.0 Å². The molecule has 8 heteroatoms. The molecule has 0 unspecified atom stereocenters. The van der Waals surface area contributed by atoms with Gasteiger partial charge in [0.05, 0.1) is 21.7 Å². The SMILES string of the molecule is Cc1ccc2cc(C(=O)NCc3cccc(S(=O)(=O)NCc4cccc(F)c4)c3)c(C)nc2c1. The Hall–Kier alpha value is -3.62. The molecule has 0 aliphatic carbocycles. The number of sulfonamides is 1. The van der Waals surface area contributed by atoms with Crippen LogP contribution in [0.2, 0.25) is 0 Å². The zero-order valence-electron chi connectivity index (χ0n) is 18.8. The van der Waals surface area contributed by atoms with Gasteiger partial charge >= 0.3 is 0 Å². The van der Waals surface area contributed by atoms with Crippen molar-refractivity contribution in [3.8, 4) is 0 Å². The molecule has 0 atom stereocenters. The molecule has 2 N–H and O–H groups in total. The van der Waals surface area contributed by atoms with Crippen LogP contribution in [0, 0.1) is 19.7 Å². The number of carbonyl (C=O) groups is 1. The number of aromatic nitrogens is 1. The van der Waals surface area contributed by atoms with E-state index in [1.807, 2.05) is 31.2 Å². The van der Waals surface area contributed by atoms with Gasteiger partial charge in [-0.15, -0.1) is 0 Å². The maximum atomic E-state index is 13.3. The third-order valence-corrected chi connectivity index (χ3v) is 6.82. The average Bonchev–Trinajstić information content (AvgIpc) is 2.81. The van der Waals surface area contributed by atoms with Crippen LogP contribution >= 0.6 is 0 Å². The van der Waals surface area contributed by atoms with Gasteiger partial charge < -0.3 is 5.32 Å². The summed E-state index contributed by atoms with van der Waals surface area (Å²) in [6.45, 7) is 3.89. The number of hydrogen-bond acceptors (Lipinski definition) is 4. The highest BCUT2D eigenvalue weighted by atomic mass is 32.2. The molecule has 0 fully saturated rings. The lowest BCUT2D eigenvalue weighted by molar-refractivity contribution is 0.0950. The normalized spacial score (nSPS) is 11.5. The van der Waals surface area contributed by atoms with Crippen molar-refractivity contribution in [2.75, 3.05) is 0 Å². The minimum absolute atomic E-state index is 0.0329. The third kappa shape index (κ3) is 5.47. The predicted octanol–water partition coefficient (Wildman–Crippen LogP) is 4.40. The van der Waals surface area contributed by atoms with Gasteiger partial charge in [0.15, 0.2) is 0 Å². The number of halogens is 1. The quantitative estimate of drug-likeness (QED) is 0.413. The highest BCUT2D eigenvalue weighted by Crippen LogP contribution is 2.18. The molecule has 0 bridgehead atoms. The van der Waals surface area contributed by atoms with E-state index in [2.05, 4.69) is 15.0 Å². The van der Waals surface area contributed by atoms with Gasteiger partial charge in [0, 0.05) is 18.5 Å². The van der Waals surface area contributed by atoms with E-state index in [0.717, 1.165) is 16.5 Å². The van der Waals surface area contributed by atoms with Gasteiger partial charge in [-0.1, -0.05) is 36.4 Å². The van der Waals surface area contributed by atoms with Crippen molar-refractivity contribution in [2.24, 2.45) is 0 Å². The Morgan fingerprint density at radius 2 is 1.65 bits per heavy atom. The summed E-state index contributed by atoms with van der Waals surface area (Å²) in [6.07, 6.45) is 0. The number of hydrogen-bond donors (Lipinski definition) is 2. The van der Waals surface area contributed by atoms with E-state index in [4.69, 9.17) is 0 Å². The summed E-state index contributed by atoms with van der Waals surface area (Å²) in [4.78, 5) is 17.4. The van der Waals surface area contributed by atoms with E-state index >= 15 is 0 Å². The third-order valence-electron chi connectivity index (χ3n) is 5.43. The minimum Gasteiger partial charge on any atom is -0.348 e. The fourth-order valence-corrected chi connectivity index (χ4v) is 4.70. The van der Waals surface area contributed by atoms with Crippen molar-refractivity contribution in [2.45, 2.75) is 31.8 Å². The number of rotatable bonds is 7.